The summed E-state index contributed by atoms with van der Waals surface area (Å²) in [4.78, 5) is 23.7. The third-order valence-electron chi connectivity index (χ3n) is 4.51. The Bertz CT molecular complexity index is 1000. The Kier molecular flexibility index (Phi) is 5.44. The van der Waals surface area contributed by atoms with Crippen LogP contribution in [0.15, 0.2) is 54.6 Å². The van der Waals surface area contributed by atoms with Crippen molar-refractivity contribution in [2.75, 3.05) is 36.5 Å². The Labute approximate surface area is 166 Å². The van der Waals surface area contributed by atoms with E-state index in [1.165, 1.54) is 12.1 Å². The van der Waals surface area contributed by atoms with Crippen LogP contribution in [0.4, 0.5) is 20.3 Å². The highest BCUT2D eigenvalue weighted by Crippen LogP contribution is 2.23. The molecule has 1 amide bonds. The minimum atomic E-state index is -0.857. The predicted molar refractivity (Wildman–Crippen MR) is 105 cm³/mol. The molecule has 0 bridgehead atoms. The van der Waals surface area contributed by atoms with Crippen LogP contribution in [0.5, 0.6) is 0 Å². The number of rotatable bonds is 4. The van der Waals surface area contributed by atoms with Gasteiger partial charge >= 0.3 is 0 Å². The molecule has 0 saturated carbocycles. The second-order valence-corrected chi connectivity index (χ2v) is 6.45. The van der Waals surface area contributed by atoms with E-state index in [0.717, 1.165) is 17.7 Å². The Morgan fingerprint density at radius 2 is 1.66 bits per heavy atom. The lowest BCUT2D eigenvalue weighted by Gasteiger charge is -2.28. The topological polar surface area (TPSA) is 67.4 Å². The van der Waals surface area contributed by atoms with Crippen molar-refractivity contribution in [3.63, 3.8) is 0 Å². The van der Waals surface area contributed by atoms with E-state index < -0.39 is 23.2 Å². The van der Waals surface area contributed by atoms with Crippen LogP contribution in [0, 0.1) is 11.6 Å². The van der Waals surface area contributed by atoms with Crippen LogP contribution in [-0.4, -0.2) is 42.2 Å². The summed E-state index contributed by atoms with van der Waals surface area (Å²) in [6.45, 7) is 2.34. The second kappa shape index (κ2) is 8.32. The van der Waals surface area contributed by atoms with Gasteiger partial charge in [0.25, 0.3) is 5.91 Å². The van der Waals surface area contributed by atoms with Gasteiger partial charge in [-0.15, -0.1) is 0 Å². The Morgan fingerprint density at radius 3 is 2.34 bits per heavy atom. The van der Waals surface area contributed by atoms with E-state index in [4.69, 9.17) is 4.74 Å². The number of carbonyl (C=O) groups excluding carboxylic acids is 1. The molecule has 1 saturated heterocycles. The minimum absolute atomic E-state index is 0.0167. The molecule has 0 atom stereocenters. The van der Waals surface area contributed by atoms with Gasteiger partial charge in [-0.3, -0.25) is 4.79 Å². The van der Waals surface area contributed by atoms with Gasteiger partial charge in [0.2, 0.25) is 0 Å². The molecular weight excluding hydrogens is 378 g/mol. The number of carbonyl (C=O) groups is 1. The molecule has 0 radical (unpaired) electrons. The fourth-order valence-corrected chi connectivity index (χ4v) is 3.02. The molecule has 3 aromatic rings. The zero-order valence-electron chi connectivity index (χ0n) is 15.4. The molecule has 8 heteroatoms. The molecule has 0 aliphatic carbocycles. The van der Waals surface area contributed by atoms with E-state index in [9.17, 15) is 13.6 Å². The zero-order chi connectivity index (χ0) is 20.2. The highest BCUT2D eigenvalue weighted by molar-refractivity contribution is 6.03. The van der Waals surface area contributed by atoms with Crippen molar-refractivity contribution < 1.29 is 18.3 Å². The maximum atomic E-state index is 13.9. The van der Waals surface area contributed by atoms with Crippen LogP contribution in [0.3, 0.4) is 0 Å². The van der Waals surface area contributed by atoms with Crippen LogP contribution >= 0.6 is 0 Å². The van der Waals surface area contributed by atoms with E-state index in [1.807, 2.05) is 35.2 Å². The summed E-state index contributed by atoms with van der Waals surface area (Å²) in [6.07, 6.45) is 0. The number of hydrogen-bond acceptors (Lipinski definition) is 5. The number of amides is 1. The summed E-state index contributed by atoms with van der Waals surface area (Å²) in [5.41, 5.74) is 0.238. The number of hydrogen-bond donors (Lipinski definition) is 1. The maximum Gasteiger partial charge on any atom is 0.274 e. The van der Waals surface area contributed by atoms with Gasteiger partial charge in [-0.2, -0.15) is 0 Å². The van der Waals surface area contributed by atoms with Gasteiger partial charge < -0.3 is 15.0 Å². The second-order valence-electron chi connectivity index (χ2n) is 6.45. The van der Waals surface area contributed by atoms with Gasteiger partial charge in [0.1, 0.15) is 28.8 Å². The number of nitrogens with zero attached hydrogens (tertiary/aromatic N) is 3. The number of anilines is 2. The van der Waals surface area contributed by atoms with Crippen molar-refractivity contribution in [3.05, 3.63) is 71.9 Å². The smallest absolute Gasteiger partial charge is 0.274 e. The van der Waals surface area contributed by atoms with E-state index in [1.54, 1.807) is 0 Å². The van der Waals surface area contributed by atoms with Crippen molar-refractivity contribution in [3.8, 4) is 11.4 Å². The lowest BCUT2D eigenvalue weighted by Crippen LogP contribution is -2.37. The Balaban J connectivity index is 1.72. The fraction of sp³-hybridized carbons (Fsp3) is 0.190. The Hall–Kier alpha value is -3.39. The van der Waals surface area contributed by atoms with Gasteiger partial charge in [-0.25, -0.2) is 18.7 Å². The lowest BCUT2D eigenvalue weighted by molar-refractivity contribution is 0.102. The standard InChI is InChI=1S/C21H18F2N4O2/c22-15-7-4-8-16(23)19(15)26-21(28)17-13-18(27-9-11-29-12-10-27)25-20(24-17)14-5-2-1-3-6-14/h1-8,13H,9-12H2,(H,26,28). The van der Waals surface area contributed by atoms with Crippen molar-refractivity contribution in [2.24, 2.45) is 0 Å². The highest BCUT2D eigenvalue weighted by atomic mass is 19.1. The van der Waals surface area contributed by atoms with E-state index in [0.29, 0.717) is 37.9 Å². The number of para-hydroxylation sites is 1. The van der Waals surface area contributed by atoms with Gasteiger partial charge in [0.15, 0.2) is 5.82 Å². The van der Waals surface area contributed by atoms with Gasteiger partial charge in [0, 0.05) is 24.7 Å². The monoisotopic (exact) mass is 396 g/mol. The largest absolute Gasteiger partial charge is 0.378 e. The molecule has 6 nitrogen and oxygen atoms in total. The molecule has 1 aliphatic rings. The van der Waals surface area contributed by atoms with Gasteiger partial charge in [-0.1, -0.05) is 36.4 Å². The molecular formula is C21H18F2N4O2. The van der Waals surface area contributed by atoms with Crippen molar-refractivity contribution in [1.82, 2.24) is 9.97 Å². The summed E-state index contributed by atoms with van der Waals surface area (Å²) in [7, 11) is 0. The zero-order valence-corrected chi connectivity index (χ0v) is 15.4. The van der Waals surface area contributed by atoms with Crippen molar-refractivity contribution in [1.29, 1.82) is 0 Å². The molecule has 4 rings (SSSR count). The number of benzene rings is 2. The molecule has 1 aromatic heterocycles. The molecule has 29 heavy (non-hydrogen) atoms. The van der Waals surface area contributed by atoms with Crippen LogP contribution in [0.25, 0.3) is 11.4 Å². The molecule has 2 aromatic carbocycles. The first kappa shape index (κ1) is 18.9. The van der Waals surface area contributed by atoms with Gasteiger partial charge in [-0.05, 0) is 12.1 Å². The van der Waals surface area contributed by atoms with Crippen molar-refractivity contribution in [2.45, 2.75) is 0 Å². The maximum absolute atomic E-state index is 13.9. The Morgan fingerprint density at radius 1 is 0.966 bits per heavy atom. The average molecular weight is 396 g/mol. The third-order valence-corrected chi connectivity index (χ3v) is 4.51. The summed E-state index contributed by atoms with van der Waals surface area (Å²) < 4.78 is 33.2. The lowest BCUT2D eigenvalue weighted by atomic mass is 10.2. The van der Waals surface area contributed by atoms with E-state index in [2.05, 4.69) is 15.3 Å². The predicted octanol–water partition coefficient (Wildman–Crippen LogP) is 3.51. The molecule has 1 fully saturated rings. The number of ether oxygens (including phenoxy) is 1. The van der Waals surface area contributed by atoms with Crippen LogP contribution in [0.2, 0.25) is 0 Å². The molecule has 1 N–H and O–H groups in total. The first-order valence-electron chi connectivity index (χ1n) is 9.14. The van der Waals surface area contributed by atoms with Crippen LogP contribution in [0.1, 0.15) is 10.5 Å². The van der Waals surface area contributed by atoms with Crippen molar-refractivity contribution >= 4 is 17.4 Å². The number of nitrogens with one attached hydrogen (secondary N) is 1. The highest BCUT2D eigenvalue weighted by Gasteiger charge is 2.20. The molecule has 2 heterocycles. The first-order chi connectivity index (χ1) is 14.1. The minimum Gasteiger partial charge on any atom is -0.378 e. The fourth-order valence-electron chi connectivity index (χ4n) is 3.02. The normalized spacial score (nSPS) is 13.9. The van der Waals surface area contributed by atoms with E-state index >= 15 is 0 Å². The summed E-state index contributed by atoms with van der Waals surface area (Å²) in [5, 5.41) is 2.28. The number of halogens is 2. The molecule has 0 spiro atoms. The first-order valence-corrected chi connectivity index (χ1v) is 9.14. The SMILES string of the molecule is O=C(Nc1c(F)cccc1F)c1cc(N2CCOCC2)nc(-c2ccccc2)n1. The third kappa shape index (κ3) is 4.22. The molecule has 0 unspecified atom stereocenters. The average Bonchev–Trinajstić information content (AvgIpc) is 2.77. The molecule has 1 aliphatic heterocycles. The quantitative estimate of drug-likeness (QED) is 0.731. The summed E-state index contributed by atoms with van der Waals surface area (Å²) >= 11 is 0. The van der Waals surface area contributed by atoms with Gasteiger partial charge in [0.05, 0.1) is 13.2 Å². The summed E-state index contributed by atoms with van der Waals surface area (Å²) in [5.74, 6) is -1.52. The summed E-state index contributed by atoms with van der Waals surface area (Å²) in [6, 6.07) is 14.1. The number of aromatic nitrogens is 2. The van der Waals surface area contributed by atoms with Crippen LogP contribution < -0.4 is 10.2 Å². The molecule has 148 valence electrons. The number of morpholine rings is 1. The van der Waals surface area contributed by atoms with Crippen LogP contribution in [-0.2, 0) is 4.74 Å². The van der Waals surface area contributed by atoms with E-state index in [-0.39, 0.29) is 5.69 Å².